The van der Waals surface area contributed by atoms with E-state index < -0.39 is 5.82 Å². The van der Waals surface area contributed by atoms with E-state index in [1.54, 1.807) is 25.5 Å². The molecule has 0 saturated heterocycles. The molecule has 2 nitrogen and oxygen atoms in total. The largest absolute Gasteiger partial charge is 0.313 e. The number of nitrogens with zero attached hydrogens (tertiary/aromatic N) is 1. The Balaban J connectivity index is 2.31. The Morgan fingerprint density at radius 2 is 2.11 bits per heavy atom. The molecular weight excluding hydrogens is 286 g/mol. The molecule has 0 aliphatic carbocycles. The predicted molar refractivity (Wildman–Crippen MR) is 76.2 cm³/mol. The fraction of sp³-hybridized carbons (Fsp3) is 0.214. The minimum Gasteiger partial charge on any atom is -0.313 e. The highest BCUT2D eigenvalue weighted by Crippen LogP contribution is 2.29. The number of hydrogen-bond donors (Lipinski definition) is 1. The Morgan fingerprint density at radius 1 is 1.32 bits per heavy atom. The topological polar surface area (TPSA) is 24.9 Å². The summed E-state index contributed by atoms with van der Waals surface area (Å²) in [6, 6.07) is 6.54. The van der Waals surface area contributed by atoms with Gasteiger partial charge < -0.3 is 5.32 Å². The van der Waals surface area contributed by atoms with Crippen LogP contribution in [0.15, 0.2) is 36.7 Å². The Labute approximate surface area is 121 Å². The van der Waals surface area contributed by atoms with E-state index in [0.717, 1.165) is 11.1 Å². The quantitative estimate of drug-likeness (QED) is 0.922. The molecule has 1 aromatic heterocycles. The maximum atomic E-state index is 13.5. The fourth-order valence-electron chi connectivity index (χ4n) is 1.95. The van der Waals surface area contributed by atoms with Gasteiger partial charge in [-0.05, 0) is 36.7 Å². The number of pyridine rings is 1. The van der Waals surface area contributed by atoms with E-state index in [0.29, 0.717) is 11.4 Å². The van der Waals surface area contributed by atoms with Gasteiger partial charge in [0.15, 0.2) is 0 Å². The van der Waals surface area contributed by atoms with Gasteiger partial charge in [0.1, 0.15) is 5.82 Å². The summed E-state index contributed by atoms with van der Waals surface area (Å²) in [7, 11) is 1.81. The molecule has 5 heteroatoms. The number of aromatic nitrogens is 1. The molecule has 0 fully saturated rings. The lowest BCUT2D eigenvalue weighted by atomic mass is 9.99. The number of rotatable bonds is 4. The SMILES string of the molecule is CNC(Cc1ccncc1Cl)c1cccc(F)c1Cl. The number of nitrogens with one attached hydrogen (secondary N) is 1. The molecule has 1 heterocycles. The highest BCUT2D eigenvalue weighted by molar-refractivity contribution is 6.31. The van der Waals surface area contributed by atoms with E-state index in [9.17, 15) is 4.39 Å². The third-order valence-corrected chi connectivity index (χ3v) is 3.72. The highest BCUT2D eigenvalue weighted by Gasteiger charge is 2.17. The standard InChI is InChI=1S/C14H13Cl2FN2/c1-18-13(7-9-5-6-19-8-11(9)15)10-3-2-4-12(17)14(10)16/h2-6,8,13,18H,7H2,1H3. The fourth-order valence-corrected chi connectivity index (χ4v) is 2.40. The van der Waals surface area contributed by atoms with Gasteiger partial charge in [-0.1, -0.05) is 35.3 Å². The van der Waals surface area contributed by atoms with Crippen molar-refractivity contribution in [3.63, 3.8) is 0 Å². The second-order valence-electron chi connectivity index (χ2n) is 4.16. The van der Waals surface area contributed by atoms with Crippen LogP contribution >= 0.6 is 23.2 Å². The Hall–Kier alpha value is -1.16. The van der Waals surface area contributed by atoms with Gasteiger partial charge in [0, 0.05) is 18.4 Å². The van der Waals surface area contributed by atoms with Crippen LogP contribution in [0.4, 0.5) is 4.39 Å². The zero-order chi connectivity index (χ0) is 13.8. The van der Waals surface area contributed by atoms with E-state index in [-0.39, 0.29) is 11.1 Å². The van der Waals surface area contributed by atoms with Crippen LogP contribution in [0.5, 0.6) is 0 Å². The van der Waals surface area contributed by atoms with Crippen molar-refractivity contribution >= 4 is 23.2 Å². The number of benzene rings is 1. The first-order valence-corrected chi connectivity index (χ1v) is 6.58. The minimum absolute atomic E-state index is 0.108. The molecular formula is C14H13Cl2FN2. The summed E-state index contributed by atoms with van der Waals surface area (Å²) in [5.41, 5.74) is 1.66. The number of hydrogen-bond acceptors (Lipinski definition) is 2. The molecule has 1 atom stereocenters. The predicted octanol–water partition coefficient (Wildman–Crippen LogP) is 4.03. The van der Waals surface area contributed by atoms with Crippen molar-refractivity contribution in [2.45, 2.75) is 12.5 Å². The molecule has 0 radical (unpaired) electrons. The van der Waals surface area contributed by atoms with Gasteiger partial charge >= 0.3 is 0 Å². The maximum Gasteiger partial charge on any atom is 0.142 e. The molecule has 1 aromatic carbocycles. The van der Waals surface area contributed by atoms with Crippen molar-refractivity contribution in [2.75, 3.05) is 7.05 Å². The molecule has 2 aromatic rings. The molecule has 0 saturated carbocycles. The smallest absolute Gasteiger partial charge is 0.142 e. The highest BCUT2D eigenvalue weighted by atomic mass is 35.5. The second-order valence-corrected chi connectivity index (χ2v) is 4.94. The second kappa shape index (κ2) is 6.33. The average Bonchev–Trinajstić information content (AvgIpc) is 2.41. The van der Waals surface area contributed by atoms with Gasteiger partial charge in [0.25, 0.3) is 0 Å². The van der Waals surface area contributed by atoms with Gasteiger partial charge in [0.2, 0.25) is 0 Å². The van der Waals surface area contributed by atoms with Gasteiger partial charge in [0.05, 0.1) is 10.0 Å². The summed E-state index contributed by atoms with van der Waals surface area (Å²) in [6.07, 6.45) is 3.89. The molecule has 0 aliphatic rings. The number of halogens is 3. The summed E-state index contributed by atoms with van der Waals surface area (Å²) in [4.78, 5) is 3.94. The van der Waals surface area contributed by atoms with Crippen LogP contribution < -0.4 is 5.32 Å². The van der Waals surface area contributed by atoms with Crippen LogP contribution in [-0.4, -0.2) is 12.0 Å². The van der Waals surface area contributed by atoms with Crippen LogP contribution in [0.25, 0.3) is 0 Å². The van der Waals surface area contributed by atoms with Gasteiger partial charge in [-0.15, -0.1) is 0 Å². The molecule has 19 heavy (non-hydrogen) atoms. The third-order valence-electron chi connectivity index (χ3n) is 2.99. The maximum absolute atomic E-state index is 13.5. The van der Waals surface area contributed by atoms with Crippen LogP contribution in [0.1, 0.15) is 17.2 Å². The molecule has 0 bridgehead atoms. The van der Waals surface area contributed by atoms with E-state index in [4.69, 9.17) is 23.2 Å². The first kappa shape index (κ1) is 14.3. The third kappa shape index (κ3) is 3.24. The van der Waals surface area contributed by atoms with Crippen molar-refractivity contribution in [3.8, 4) is 0 Å². The van der Waals surface area contributed by atoms with Gasteiger partial charge in [-0.2, -0.15) is 0 Å². The van der Waals surface area contributed by atoms with E-state index in [2.05, 4.69) is 10.3 Å². The summed E-state index contributed by atoms with van der Waals surface area (Å²) in [5.74, 6) is -0.416. The Bertz CT molecular complexity index is 575. The number of likely N-dealkylation sites (N-methyl/N-ethyl adjacent to an activating group) is 1. The summed E-state index contributed by atoms with van der Waals surface area (Å²) >= 11 is 12.1. The zero-order valence-electron chi connectivity index (χ0n) is 10.3. The molecule has 0 aliphatic heterocycles. The van der Waals surface area contributed by atoms with Crippen LogP contribution in [-0.2, 0) is 6.42 Å². The Morgan fingerprint density at radius 3 is 2.79 bits per heavy atom. The first-order chi connectivity index (χ1) is 9.13. The summed E-state index contributed by atoms with van der Waals surface area (Å²) < 4.78 is 13.5. The molecule has 1 unspecified atom stereocenters. The first-order valence-electron chi connectivity index (χ1n) is 5.83. The molecule has 100 valence electrons. The van der Waals surface area contributed by atoms with Crippen molar-refractivity contribution < 1.29 is 4.39 Å². The normalized spacial score (nSPS) is 12.4. The molecule has 2 rings (SSSR count). The van der Waals surface area contributed by atoms with Gasteiger partial charge in [-0.25, -0.2) is 4.39 Å². The van der Waals surface area contributed by atoms with E-state index in [1.807, 2.05) is 12.1 Å². The molecule has 0 spiro atoms. The lowest BCUT2D eigenvalue weighted by Crippen LogP contribution is -2.19. The van der Waals surface area contributed by atoms with Crippen LogP contribution in [0, 0.1) is 5.82 Å². The summed E-state index contributed by atoms with van der Waals surface area (Å²) in [6.45, 7) is 0. The monoisotopic (exact) mass is 298 g/mol. The van der Waals surface area contributed by atoms with Crippen LogP contribution in [0.2, 0.25) is 10.0 Å². The van der Waals surface area contributed by atoms with Crippen molar-refractivity contribution in [2.24, 2.45) is 0 Å². The van der Waals surface area contributed by atoms with E-state index >= 15 is 0 Å². The lowest BCUT2D eigenvalue weighted by molar-refractivity contribution is 0.577. The molecule has 1 N–H and O–H groups in total. The van der Waals surface area contributed by atoms with Crippen molar-refractivity contribution in [3.05, 3.63) is 63.6 Å². The van der Waals surface area contributed by atoms with Gasteiger partial charge in [-0.3, -0.25) is 4.98 Å². The molecule has 0 amide bonds. The Kier molecular flexibility index (Phi) is 4.75. The summed E-state index contributed by atoms with van der Waals surface area (Å²) in [5, 5.41) is 3.87. The van der Waals surface area contributed by atoms with Crippen LogP contribution in [0.3, 0.4) is 0 Å². The zero-order valence-corrected chi connectivity index (χ0v) is 11.8. The van der Waals surface area contributed by atoms with Crippen molar-refractivity contribution in [1.29, 1.82) is 0 Å². The minimum atomic E-state index is -0.416. The van der Waals surface area contributed by atoms with E-state index in [1.165, 1.54) is 6.07 Å². The lowest BCUT2D eigenvalue weighted by Gasteiger charge is -2.18. The average molecular weight is 299 g/mol. The van der Waals surface area contributed by atoms with Crippen molar-refractivity contribution in [1.82, 2.24) is 10.3 Å².